The summed E-state index contributed by atoms with van der Waals surface area (Å²) in [5.41, 5.74) is 0. The van der Waals surface area contributed by atoms with Crippen LogP contribution in [0.5, 0.6) is 0 Å². The summed E-state index contributed by atoms with van der Waals surface area (Å²) in [6.07, 6.45) is 9.31. The molecule has 0 atom stereocenters. The molecular formula is C14H26N4O2S. The van der Waals surface area contributed by atoms with Gasteiger partial charge >= 0.3 is 0 Å². The first-order valence-corrected chi connectivity index (χ1v) is 9.35. The zero-order chi connectivity index (χ0) is 15.1. The van der Waals surface area contributed by atoms with Crippen LogP contribution in [0.1, 0.15) is 45.4 Å². The van der Waals surface area contributed by atoms with Gasteiger partial charge in [0.25, 0.3) is 0 Å². The van der Waals surface area contributed by atoms with Crippen LogP contribution in [0, 0.1) is 0 Å². The molecule has 1 aromatic rings. The summed E-state index contributed by atoms with van der Waals surface area (Å²) < 4.78 is 29.1. The minimum Gasteiger partial charge on any atom is -0.317 e. The number of aromatic nitrogens is 2. The molecule has 1 heterocycles. The Kier molecular flexibility index (Phi) is 6.20. The van der Waals surface area contributed by atoms with Crippen LogP contribution in [0.15, 0.2) is 17.3 Å². The molecule has 0 bridgehead atoms. The first-order chi connectivity index (χ1) is 10.1. The number of aryl methyl sites for hydroxylation is 1. The lowest BCUT2D eigenvalue weighted by Crippen LogP contribution is -2.36. The first-order valence-electron chi connectivity index (χ1n) is 7.87. The van der Waals surface area contributed by atoms with Gasteiger partial charge in [0.05, 0.1) is 6.20 Å². The van der Waals surface area contributed by atoms with Gasteiger partial charge < -0.3 is 5.32 Å². The third kappa shape index (κ3) is 5.09. The molecular weight excluding hydrogens is 288 g/mol. The highest BCUT2D eigenvalue weighted by atomic mass is 32.2. The number of hydrogen-bond acceptors (Lipinski definition) is 4. The van der Waals surface area contributed by atoms with Gasteiger partial charge in [0.2, 0.25) is 10.0 Å². The van der Waals surface area contributed by atoms with Gasteiger partial charge in [-0.1, -0.05) is 26.2 Å². The number of sulfonamides is 1. The van der Waals surface area contributed by atoms with Crippen molar-refractivity contribution in [1.29, 1.82) is 0 Å². The maximum atomic E-state index is 12.3. The SMILES string of the molecule is CCNCCCn1cc(S(=O)(=O)NC2CCCCC2)cn1. The van der Waals surface area contributed by atoms with Crippen LogP contribution in [0.2, 0.25) is 0 Å². The zero-order valence-electron chi connectivity index (χ0n) is 12.7. The molecule has 2 N–H and O–H groups in total. The minimum atomic E-state index is -3.42. The topological polar surface area (TPSA) is 76.0 Å². The van der Waals surface area contributed by atoms with Crippen molar-refractivity contribution in [2.75, 3.05) is 13.1 Å². The Labute approximate surface area is 127 Å². The highest BCUT2D eigenvalue weighted by Gasteiger charge is 2.22. The average Bonchev–Trinajstić information content (AvgIpc) is 2.94. The van der Waals surface area contributed by atoms with Crippen molar-refractivity contribution in [3.05, 3.63) is 12.4 Å². The van der Waals surface area contributed by atoms with E-state index in [1.54, 1.807) is 10.9 Å². The lowest BCUT2D eigenvalue weighted by Gasteiger charge is -2.22. The van der Waals surface area contributed by atoms with E-state index < -0.39 is 10.0 Å². The highest BCUT2D eigenvalue weighted by Crippen LogP contribution is 2.19. The van der Waals surface area contributed by atoms with Gasteiger partial charge in [-0.25, -0.2) is 13.1 Å². The summed E-state index contributed by atoms with van der Waals surface area (Å²) in [7, 11) is -3.42. The van der Waals surface area contributed by atoms with Gasteiger partial charge in [0.15, 0.2) is 0 Å². The zero-order valence-corrected chi connectivity index (χ0v) is 13.5. The predicted molar refractivity (Wildman–Crippen MR) is 82.6 cm³/mol. The molecule has 2 rings (SSSR count). The van der Waals surface area contributed by atoms with Crippen molar-refractivity contribution in [3.8, 4) is 0 Å². The quantitative estimate of drug-likeness (QED) is 0.713. The molecule has 1 saturated carbocycles. The molecule has 1 fully saturated rings. The van der Waals surface area contributed by atoms with E-state index in [-0.39, 0.29) is 10.9 Å². The standard InChI is InChI=1S/C14H26N4O2S/c1-2-15-9-6-10-18-12-14(11-16-18)21(19,20)17-13-7-4-3-5-8-13/h11-13,15,17H,2-10H2,1H3. The number of hydrogen-bond donors (Lipinski definition) is 2. The monoisotopic (exact) mass is 314 g/mol. The Hall–Kier alpha value is -0.920. The molecule has 0 aromatic carbocycles. The fraction of sp³-hybridized carbons (Fsp3) is 0.786. The predicted octanol–water partition coefficient (Wildman–Crippen LogP) is 1.49. The van der Waals surface area contributed by atoms with Crippen LogP contribution < -0.4 is 10.0 Å². The van der Waals surface area contributed by atoms with E-state index in [9.17, 15) is 8.42 Å². The third-order valence-electron chi connectivity index (χ3n) is 3.84. The minimum absolute atomic E-state index is 0.0841. The lowest BCUT2D eigenvalue weighted by atomic mass is 9.96. The van der Waals surface area contributed by atoms with Crippen molar-refractivity contribution in [3.63, 3.8) is 0 Å². The van der Waals surface area contributed by atoms with Crippen LogP contribution in [0.25, 0.3) is 0 Å². The summed E-state index contributed by atoms with van der Waals surface area (Å²) in [4.78, 5) is 0.275. The molecule has 0 amide bonds. The lowest BCUT2D eigenvalue weighted by molar-refractivity contribution is 0.412. The number of nitrogens with one attached hydrogen (secondary N) is 2. The van der Waals surface area contributed by atoms with Crippen LogP contribution in [-0.2, 0) is 16.6 Å². The maximum absolute atomic E-state index is 12.3. The van der Waals surface area contributed by atoms with Crippen LogP contribution in [0.3, 0.4) is 0 Å². The molecule has 0 aliphatic heterocycles. The molecule has 0 spiro atoms. The highest BCUT2D eigenvalue weighted by molar-refractivity contribution is 7.89. The van der Waals surface area contributed by atoms with Crippen molar-refractivity contribution >= 4 is 10.0 Å². The van der Waals surface area contributed by atoms with E-state index in [1.165, 1.54) is 12.6 Å². The van der Waals surface area contributed by atoms with E-state index >= 15 is 0 Å². The fourth-order valence-corrected chi connectivity index (χ4v) is 3.91. The molecule has 6 nitrogen and oxygen atoms in total. The molecule has 1 aromatic heterocycles. The second-order valence-corrected chi connectivity index (χ2v) is 7.32. The van der Waals surface area contributed by atoms with E-state index in [0.29, 0.717) is 0 Å². The molecule has 0 radical (unpaired) electrons. The maximum Gasteiger partial charge on any atom is 0.243 e. The largest absolute Gasteiger partial charge is 0.317 e. The number of rotatable bonds is 8. The summed E-state index contributed by atoms with van der Waals surface area (Å²) in [5, 5.41) is 7.38. The molecule has 1 aliphatic carbocycles. The summed E-state index contributed by atoms with van der Waals surface area (Å²) in [5.74, 6) is 0. The Morgan fingerprint density at radius 2 is 2.10 bits per heavy atom. The van der Waals surface area contributed by atoms with Crippen LogP contribution in [0.4, 0.5) is 0 Å². The van der Waals surface area contributed by atoms with Gasteiger partial charge in [0.1, 0.15) is 4.90 Å². The van der Waals surface area contributed by atoms with Gasteiger partial charge in [-0.3, -0.25) is 4.68 Å². The van der Waals surface area contributed by atoms with Crippen molar-refractivity contribution < 1.29 is 8.42 Å². The van der Waals surface area contributed by atoms with E-state index in [4.69, 9.17) is 0 Å². The Morgan fingerprint density at radius 1 is 1.33 bits per heavy atom. The van der Waals surface area contributed by atoms with Crippen molar-refractivity contribution in [2.45, 2.75) is 62.9 Å². The van der Waals surface area contributed by atoms with Gasteiger partial charge in [-0.2, -0.15) is 5.10 Å². The molecule has 21 heavy (non-hydrogen) atoms. The second-order valence-electron chi connectivity index (χ2n) is 5.60. The summed E-state index contributed by atoms with van der Waals surface area (Å²) >= 11 is 0. The third-order valence-corrected chi connectivity index (χ3v) is 5.31. The van der Waals surface area contributed by atoms with Crippen LogP contribution >= 0.6 is 0 Å². The molecule has 1 aliphatic rings. The molecule has 120 valence electrons. The first kappa shape index (κ1) is 16.5. The van der Waals surface area contributed by atoms with E-state index in [2.05, 4.69) is 22.1 Å². The van der Waals surface area contributed by atoms with E-state index in [1.807, 2.05) is 0 Å². The van der Waals surface area contributed by atoms with Gasteiger partial charge in [-0.05, 0) is 32.4 Å². The normalized spacial score (nSPS) is 17.2. The van der Waals surface area contributed by atoms with Crippen molar-refractivity contribution in [2.24, 2.45) is 0 Å². The summed E-state index contributed by atoms with van der Waals surface area (Å²) in [6.45, 7) is 4.66. The van der Waals surface area contributed by atoms with Gasteiger partial charge in [0, 0.05) is 18.8 Å². The number of nitrogens with zero attached hydrogens (tertiary/aromatic N) is 2. The smallest absolute Gasteiger partial charge is 0.243 e. The van der Waals surface area contributed by atoms with Crippen molar-refractivity contribution in [1.82, 2.24) is 19.8 Å². The average molecular weight is 314 g/mol. The molecule has 0 saturated heterocycles. The summed E-state index contributed by atoms with van der Waals surface area (Å²) in [6, 6.07) is 0.0841. The second kappa shape index (κ2) is 7.91. The Balaban J connectivity index is 1.89. The van der Waals surface area contributed by atoms with E-state index in [0.717, 1.165) is 51.7 Å². The molecule has 0 unspecified atom stereocenters. The van der Waals surface area contributed by atoms with Crippen LogP contribution in [-0.4, -0.2) is 37.3 Å². The fourth-order valence-electron chi connectivity index (χ4n) is 2.66. The Bertz CT molecular complexity index is 521. The Morgan fingerprint density at radius 3 is 2.81 bits per heavy atom. The molecule has 7 heteroatoms. The van der Waals surface area contributed by atoms with Gasteiger partial charge in [-0.15, -0.1) is 0 Å².